The van der Waals surface area contributed by atoms with Gasteiger partial charge in [0.05, 0.1) is 23.4 Å². The third-order valence-electron chi connectivity index (χ3n) is 4.99. The van der Waals surface area contributed by atoms with Crippen LogP contribution >= 0.6 is 11.6 Å². The molecule has 0 bridgehead atoms. The van der Waals surface area contributed by atoms with Gasteiger partial charge in [0, 0.05) is 11.8 Å². The smallest absolute Gasteiger partial charge is 0.282 e. The van der Waals surface area contributed by atoms with Gasteiger partial charge < -0.3 is 10.1 Å². The number of ether oxygens (including phenoxy) is 1. The number of hydrogen-bond acceptors (Lipinski definition) is 4. The van der Waals surface area contributed by atoms with E-state index in [1.165, 1.54) is 13.2 Å². The minimum absolute atomic E-state index is 0.0330. The lowest BCUT2D eigenvalue weighted by molar-refractivity contribution is -0.120. The van der Waals surface area contributed by atoms with E-state index in [0.717, 1.165) is 23.8 Å². The van der Waals surface area contributed by atoms with Crippen LogP contribution in [-0.2, 0) is 9.59 Å². The van der Waals surface area contributed by atoms with Crippen molar-refractivity contribution in [1.82, 2.24) is 0 Å². The minimum atomic E-state index is -0.898. The Morgan fingerprint density at radius 2 is 1.66 bits per heavy atom. The van der Waals surface area contributed by atoms with E-state index >= 15 is 0 Å². The largest absolute Gasteiger partial charge is 0.495 e. The van der Waals surface area contributed by atoms with Crippen LogP contribution in [0.3, 0.4) is 0 Å². The summed E-state index contributed by atoms with van der Waals surface area (Å²) < 4.78 is 33.4. The summed E-state index contributed by atoms with van der Waals surface area (Å²) in [5, 5.41) is 3.21. The van der Waals surface area contributed by atoms with Crippen LogP contribution < -0.4 is 15.0 Å². The number of nitrogens with one attached hydrogen (secondary N) is 1. The van der Waals surface area contributed by atoms with Crippen LogP contribution in [0.2, 0.25) is 5.02 Å². The van der Waals surface area contributed by atoms with E-state index in [1.54, 1.807) is 36.4 Å². The number of amides is 2. The van der Waals surface area contributed by atoms with E-state index in [9.17, 15) is 18.4 Å². The number of hydrogen-bond donors (Lipinski definition) is 1. The fraction of sp³-hybridized carbons (Fsp3) is 0.0833. The van der Waals surface area contributed by atoms with E-state index in [4.69, 9.17) is 16.3 Å². The lowest BCUT2D eigenvalue weighted by Gasteiger charge is -2.16. The number of anilines is 2. The van der Waals surface area contributed by atoms with Crippen molar-refractivity contribution in [3.05, 3.63) is 94.1 Å². The molecule has 8 heteroatoms. The molecular weight excluding hydrogens is 438 g/mol. The zero-order valence-electron chi connectivity index (χ0n) is 17.1. The topological polar surface area (TPSA) is 58.6 Å². The zero-order chi connectivity index (χ0) is 23.0. The first-order valence-corrected chi connectivity index (χ1v) is 9.93. The quantitative estimate of drug-likeness (QED) is 0.529. The molecule has 0 fully saturated rings. The Kier molecular flexibility index (Phi) is 5.67. The Morgan fingerprint density at radius 1 is 0.938 bits per heavy atom. The highest BCUT2D eigenvalue weighted by molar-refractivity contribution is 6.46. The van der Waals surface area contributed by atoms with Crippen LogP contribution in [0.1, 0.15) is 11.1 Å². The van der Waals surface area contributed by atoms with Crippen molar-refractivity contribution in [1.29, 1.82) is 0 Å². The van der Waals surface area contributed by atoms with Gasteiger partial charge in [-0.3, -0.25) is 9.59 Å². The molecule has 1 heterocycles. The van der Waals surface area contributed by atoms with Crippen LogP contribution in [-0.4, -0.2) is 18.9 Å². The fourth-order valence-corrected chi connectivity index (χ4v) is 3.66. The summed E-state index contributed by atoms with van der Waals surface area (Å²) in [4.78, 5) is 27.2. The van der Waals surface area contributed by atoms with Gasteiger partial charge in [-0.1, -0.05) is 41.4 Å². The van der Waals surface area contributed by atoms with Gasteiger partial charge in [0.1, 0.15) is 23.1 Å². The molecule has 1 aliphatic rings. The Labute approximate surface area is 187 Å². The van der Waals surface area contributed by atoms with Gasteiger partial charge in [-0.25, -0.2) is 13.7 Å². The number of aryl methyl sites for hydroxylation is 1. The Hall–Kier alpha value is -3.71. The maximum atomic E-state index is 14.5. The van der Waals surface area contributed by atoms with Crippen molar-refractivity contribution in [2.75, 3.05) is 17.3 Å². The van der Waals surface area contributed by atoms with Gasteiger partial charge in [-0.15, -0.1) is 0 Å². The summed E-state index contributed by atoms with van der Waals surface area (Å²) in [6, 6.07) is 14.3. The van der Waals surface area contributed by atoms with Crippen LogP contribution in [0.25, 0.3) is 5.57 Å². The van der Waals surface area contributed by atoms with Crippen LogP contribution in [0.5, 0.6) is 5.75 Å². The highest BCUT2D eigenvalue weighted by Crippen LogP contribution is 2.36. The van der Waals surface area contributed by atoms with Gasteiger partial charge in [-0.05, 0) is 42.8 Å². The summed E-state index contributed by atoms with van der Waals surface area (Å²) in [5.41, 5.74) is 1.31. The first-order valence-electron chi connectivity index (χ1n) is 9.56. The Morgan fingerprint density at radius 3 is 2.31 bits per heavy atom. The standard InChI is InChI=1S/C24H17ClF2N2O3/c1-13-3-5-14(6-4-13)21-22(28-16-8-10-20(32-2)17(25)12-16)24(31)29(23(21)30)19-11-15(26)7-9-18(19)27/h3-12,28H,1-2H3. The van der Waals surface area contributed by atoms with Gasteiger partial charge in [0.25, 0.3) is 11.8 Å². The van der Waals surface area contributed by atoms with Crippen LogP contribution in [0.15, 0.2) is 66.4 Å². The number of benzene rings is 3. The molecule has 1 N–H and O–H groups in total. The SMILES string of the molecule is COc1ccc(NC2=C(c3ccc(C)cc3)C(=O)N(c3cc(F)ccc3F)C2=O)cc1Cl. The Bertz CT molecular complexity index is 1270. The van der Waals surface area contributed by atoms with Crippen molar-refractivity contribution in [3.63, 3.8) is 0 Å². The number of carbonyl (C=O) groups is 2. The molecule has 4 rings (SSSR count). The molecular formula is C24H17ClF2N2O3. The normalized spacial score (nSPS) is 13.7. The van der Waals surface area contributed by atoms with E-state index in [-0.39, 0.29) is 11.3 Å². The lowest BCUT2D eigenvalue weighted by atomic mass is 10.0. The molecule has 1 aliphatic heterocycles. The third-order valence-corrected chi connectivity index (χ3v) is 5.29. The monoisotopic (exact) mass is 454 g/mol. The average Bonchev–Trinajstić information content (AvgIpc) is 3.00. The number of carbonyl (C=O) groups excluding carboxylic acids is 2. The first kappa shape index (κ1) is 21.5. The summed E-state index contributed by atoms with van der Waals surface area (Å²) >= 11 is 6.18. The highest BCUT2D eigenvalue weighted by Gasteiger charge is 2.41. The number of halogens is 3. The number of methoxy groups -OCH3 is 1. The van der Waals surface area contributed by atoms with Crippen molar-refractivity contribution in [2.45, 2.75) is 6.92 Å². The Balaban J connectivity index is 1.84. The number of imide groups is 1. The van der Waals surface area contributed by atoms with Gasteiger partial charge in [0.2, 0.25) is 0 Å². The van der Waals surface area contributed by atoms with Crippen molar-refractivity contribution in [2.24, 2.45) is 0 Å². The molecule has 0 unspecified atom stereocenters. The van der Waals surface area contributed by atoms with Crippen LogP contribution in [0.4, 0.5) is 20.2 Å². The first-order chi connectivity index (χ1) is 15.3. The number of rotatable bonds is 5. The van der Waals surface area contributed by atoms with Gasteiger partial charge in [-0.2, -0.15) is 0 Å². The molecule has 2 amide bonds. The predicted molar refractivity (Wildman–Crippen MR) is 119 cm³/mol. The van der Waals surface area contributed by atoms with E-state index in [1.807, 2.05) is 6.92 Å². The van der Waals surface area contributed by atoms with Crippen molar-refractivity contribution in [3.8, 4) is 5.75 Å². The maximum absolute atomic E-state index is 14.5. The predicted octanol–water partition coefficient (Wildman–Crippen LogP) is 5.33. The molecule has 5 nitrogen and oxygen atoms in total. The minimum Gasteiger partial charge on any atom is -0.495 e. The zero-order valence-corrected chi connectivity index (χ0v) is 17.8. The summed E-state index contributed by atoms with van der Waals surface area (Å²) in [6.07, 6.45) is 0. The summed E-state index contributed by atoms with van der Waals surface area (Å²) in [5.74, 6) is -2.83. The third kappa shape index (κ3) is 3.83. The van der Waals surface area contributed by atoms with Crippen LogP contribution in [0, 0.1) is 18.6 Å². The highest BCUT2D eigenvalue weighted by atomic mass is 35.5. The molecule has 0 spiro atoms. The van der Waals surface area contributed by atoms with Crippen molar-refractivity contribution < 1.29 is 23.1 Å². The molecule has 0 saturated heterocycles. The molecule has 3 aromatic rings. The lowest BCUT2D eigenvalue weighted by Crippen LogP contribution is -2.33. The molecule has 162 valence electrons. The van der Waals surface area contributed by atoms with E-state index in [2.05, 4.69) is 5.32 Å². The molecule has 0 saturated carbocycles. The maximum Gasteiger partial charge on any atom is 0.282 e. The second kappa shape index (κ2) is 8.43. The molecule has 0 atom stereocenters. The molecule has 3 aromatic carbocycles. The van der Waals surface area contributed by atoms with Crippen molar-refractivity contribution >= 4 is 40.4 Å². The second-order valence-corrected chi connectivity index (χ2v) is 7.54. The number of nitrogens with zero attached hydrogens (tertiary/aromatic N) is 1. The summed E-state index contributed by atoms with van der Waals surface area (Å²) in [7, 11) is 1.47. The van der Waals surface area contributed by atoms with E-state index < -0.39 is 29.1 Å². The summed E-state index contributed by atoms with van der Waals surface area (Å²) in [6.45, 7) is 1.88. The average molecular weight is 455 g/mol. The molecule has 0 radical (unpaired) electrons. The second-order valence-electron chi connectivity index (χ2n) is 7.13. The van der Waals surface area contributed by atoms with Gasteiger partial charge in [0.15, 0.2) is 0 Å². The molecule has 32 heavy (non-hydrogen) atoms. The van der Waals surface area contributed by atoms with E-state index in [0.29, 0.717) is 26.9 Å². The molecule has 0 aromatic heterocycles. The molecule has 0 aliphatic carbocycles. The fourth-order valence-electron chi connectivity index (χ4n) is 3.40. The van der Waals surface area contributed by atoms with Gasteiger partial charge >= 0.3 is 0 Å².